The van der Waals surface area contributed by atoms with Crippen LogP contribution in [0.5, 0.6) is 0 Å². The van der Waals surface area contributed by atoms with E-state index in [0.29, 0.717) is 12.2 Å². The second kappa shape index (κ2) is 5.59. The number of ether oxygens (including phenoxy) is 1. The van der Waals surface area contributed by atoms with Crippen LogP contribution in [0.4, 0.5) is 0 Å². The van der Waals surface area contributed by atoms with Crippen molar-refractivity contribution in [2.75, 3.05) is 6.61 Å². The Balaban J connectivity index is 2.83. The number of hydrogen-bond acceptors (Lipinski definition) is 4. The Kier molecular flexibility index (Phi) is 4.40. The summed E-state index contributed by atoms with van der Waals surface area (Å²) in [5.41, 5.74) is 0.502. The summed E-state index contributed by atoms with van der Waals surface area (Å²) in [6, 6.07) is 1.78. The van der Waals surface area contributed by atoms with Crippen LogP contribution in [0.15, 0.2) is 24.5 Å². The summed E-state index contributed by atoms with van der Waals surface area (Å²) < 4.78 is 4.77. The minimum atomic E-state index is -0.944. The molecule has 0 atom stereocenters. The maximum absolute atomic E-state index is 11.1. The van der Waals surface area contributed by atoms with Crippen molar-refractivity contribution in [3.8, 4) is 0 Å². The first-order valence-electron chi connectivity index (χ1n) is 5.46. The minimum absolute atomic E-state index is 0.352. The molecule has 0 saturated carbocycles. The molecule has 0 aromatic carbocycles. The molecule has 0 amide bonds. The van der Waals surface area contributed by atoms with Gasteiger partial charge in [0.1, 0.15) is 0 Å². The van der Waals surface area contributed by atoms with Crippen LogP contribution in [0, 0.1) is 0 Å². The van der Waals surface area contributed by atoms with E-state index in [9.17, 15) is 9.90 Å². The van der Waals surface area contributed by atoms with E-state index in [1.807, 2.05) is 0 Å². The highest BCUT2D eigenvalue weighted by atomic mass is 16.5. The van der Waals surface area contributed by atoms with Gasteiger partial charge in [0.2, 0.25) is 0 Å². The Bertz CT molecular complexity index is 419. The van der Waals surface area contributed by atoms with E-state index in [0.717, 1.165) is 5.56 Å². The number of nitrogens with zero attached hydrogens (tertiary/aromatic N) is 1. The molecule has 0 fully saturated rings. The lowest BCUT2D eigenvalue weighted by Gasteiger charge is -2.17. The number of esters is 1. The van der Waals surface area contributed by atoms with Crippen LogP contribution in [0.25, 0.3) is 6.08 Å². The van der Waals surface area contributed by atoms with Gasteiger partial charge >= 0.3 is 5.97 Å². The molecule has 1 heterocycles. The molecule has 4 heteroatoms. The molecule has 17 heavy (non-hydrogen) atoms. The van der Waals surface area contributed by atoms with Crippen LogP contribution in [0.2, 0.25) is 0 Å². The Labute approximate surface area is 101 Å². The topological polar surface area (TPSA) is 59.4 Å². The van der Waals surface area contributed by atoms with Gasteiger partial charge in [0, 0.05) is 24.0 Å². The minimum Gasteiger partial charge on any atom is -0.463 e. The molecule has 0 unspecified atom stereocenters. The van der Waals surface area contributed by atoms with Gasteiger partial charge in [0.05, 0.1) is 12.2 Å². The molecular formula is C13H17NO3. The molecule has 1 N–H and O–H groups in total. The van der Waals surface area contributed by atoms with Gasteiger partial charge in [-0.15, -0.1) is 0 Å². The predicted octanol–water partition coefficient (Wildman–Crippen LogP) is 1.89. The van der Waals surface area contributed by atoms with Gasteiger partial charge < -0.3 is 9.84 Å². The van der Waals surface area contributed by atoms with Gasteiger partial charge in [0.25, 0.3) is 0 Å². The van der Waals surface area contributed by atoms with Crippen molar-refractivity contribution >= 4 is 12.0 Å². The molecular weight excluding hydrogens is 218 g/mol. The Morgan fingerprint density at radius 1 is 1.53 bits per heavy atom. The number of carbonyl (C=O) groups is 1. The van der Waals surface area contributed by atoms with Crippen LogP contribution in [0.1, 0.15) is 31.9 Å². The van der Waals surface area contributed by atoms with Crippen LogP contribution in [-0.2, 0) is 15.1 Å². The van der Waals surface area contributed by atoms with Crippen molar-refractivity contribution in [1.82, 2.24) is 4.98 Å². The first kappa shape index (κ1) is 13.4. The van der Waals surface area contributed by atoms with Crippen LogP contribution in [0.3, 0.4) is 0 Å². The number of carbonyl (C=O) groups excluding carboxylic acids is 1. The number of hydrogen-bond donors (Lipinski definition) is 1. The average molecular weight is 235 g/mol. The molecule has 0 aliphatic rings. The lowest BCUT2D eigenvalue weighted by molar-refractivity contribution is -0.137. The largest absolute Gasteiger partial charge is 0.463 e. The molecule has 4 nitrogen and oxygen atoms in total. The molecule has 0 saturated heterocycles. The Morgan fingerprint density at radius 3 is 2.82 bits per heavy atom. The predicted molar refractivity (Wildman–Crippen MR) is 65.1 cm³/mol. The number of pyridine rings is 1. The third kappa shape index (κ3) is 4.36. The second-order valence-electron chi connectivity index (χ2n) is 4.15. The first-order valence-corrected chi connectivity index (χ1v) is 5.46. The van der Waals surface area contributed by atoms with Crippen molar-refractivity contribution in [3.05, 3.63) is 35.7 Å². The molecule has 1 rings (SSSR count). The maximum Gasteiger partial charge on any atom is 0.330 e. The fraction of sp³-hybridized carbons (Fsp3) is 0.385. The maximum atomic E-state index is 11.1. The summed E-state index contributed by atoms with van der Waals surface area (Å²) in [4.78, 5) is 15.1. The zero-order valence-electron chi connectivity index (χ0n) is 10.3. The second-order valence-corrected chi connectivity index (χ2v) is 4.15. The van der Waals surface area contributed by atoms with E-state index in [1.54, 1.807) is 45.3 Å². The molecule has 0 aliphatic heterocycles. The van der Waals surface area contributed by atoms with Crippen molar-refractivity contribution in [2.45, 2.75) is 26.4 Å². The van der Waals surface area contributed by atoms with Gasteiger partial charge in [-0.2, -0.15) is 0 Å². The Hall–Kier alpha value is -1.68. The lowest BCUT2D eigenvalue weighted by Crippen LogP contribution is -2.15. The van der Waals surface area contributed by atoms with E-state index in [-0.39, 0.29) is 5.97 Å². The first-order chi connectivity index (χ1) is 7.93. The van der Waals surface area contributed by atoms with E-state index in [2.05, 4.69) is 4.98 Å². The summed E-state index contributed by atoms with van der Waals surface area (Å²) in [6.45, 7) is 5.47. The monoisotopic (exact) mass is 235 g/mol. The summed E-state index contributed by atoms with van der Waals surface area (Å²) in [5.74, 6) is -0.388. The Morgan fingerprint density at radius 2 is 2.24 bits per heavy atom. The van der Waals surface area contributed by atoms with E-state index < -0.39 is 5.60 Å². The van der Waals surface area contributed by atoms with Crippen LogP contribution < -0.4 is 0 Å². The average Bonchev–Trinajstić information content (AvgIpc) is 2.26. The molecule has 0 aliphatic carbocycles. The smallest absolute Gasteiger partial charge is 0.330 e. The van der Waals surface area contributed by atoms with Crippen molar-refractivity contribution < 1.29 is 14.6 Å². The van der Waals surface area contributed by atoms with Gasteiger partial charge in [-0.1, -0.05) is 0 Å². The van der Waals surface area contributed by atoms with E-state index >= 15 is 0 Å². The molecule has 0 radical (unpaired) electrons. The van der Waals surface area contributed by atoms with Crippen molar-refractivity contribution in [2.24, 2.45) is 0 Å². The van der Waals surface area contributed by atoms with E-state index in [1.165, 1.54) is 6.08 Å². The summed E-state index contributed by atoms with van der Waals surface area (Å²) >= 11 is 0. The molecule has 1 aromatic rings. The zero-order chi connectivity index (χ0) is 12.9. The molecule has 92 valence electrons. The number of aliphatic hydroxyl groups is 1. The normalized spacial score (nSPS) is 11.8. The lowest BCUT2D eigenvalue weighted by atomic mass is 9.99. The van der Waals surface area contributed by atoms with Crippen molar-refractivity contribution in [1.29, 1.82) is 0 Å². The summed E-state index contributed by atoms with van der Waals surface area (Å²) in [7, 11) is 0. The number of aromatic nitrogens is 1. The van der Waals surface area contributed by atoms with E-state index in [4.69, 9.17) is 4.74 Å². The summed E-state index contributed by atoms with van der Waals surface area (Å²) in [5, 5.41) is 9.82. The molecule has 0 spiro atoms. The van der Waals surface area contributed by atoms with Gasteiger partial charge in [-0.05, 0) is 38.5 Å². The van der Waals surface area contributed by atoms with Gasteiger partial charge in [-0.25, -0.2) is 4.79 Å². The molecule has 1 aromatic heterocycles. The quantitative estimate of drug-likeness (QED) is 0.639. The fourth-order valence-corrected chi connectivity index (χ4v) is 1.24. The van der Waals surface area contributed by atoms with Gasteiger partial charge in [-0.3, -0.25) is 4.98 Å². The standard InChI is InChI=1S/C13H17NO3/c1-4-17-12(15)6-5-10-7-11(9-14-8-10)13(2,3)16/h5-9,16H,4H2,1-3H3/b6-5+. The highest BCUT2D eigenvalue weighted by Gasteiger charge is 2.15. The number of rotatable bonds is 4. The fourth-order valence-electron chi connectivity index (χ4n) is 1.24. The third-order valence-electron chi connectivity index (χ3n) is 2.16. The van der Waals surface area contributed by atoms with Gasteiger partial charge in [0.15, 0.2) is 0 Å². The highest BCUT2D eigenvalue weighted by molar-refractivity contribution is 5.86. The third-order valence-corrected chi connectivity index (χ3v) is 2.16. The van der Waals surface area contributed by atoms with Crippen LogP contribution >= 0.6 is 0 Å². The van der Waals surface area contributed by atoms with Crippen LogP contribution in [-0.4, -0.2) is 22.7 Å². The van der Waals surface area contributed by atoms with Crippen molar-refractivity contribution in [3.63, 3.8) is 0 Å². The SMILES string of the molecule is CCOC(=O)/C=C/c1cncc(C(C)(C)O)c1. The highest BCUT2D eigenvalue weighted by Crippen LogP contribution is 2.19. The molecule has 0 bridgehead atoms. The zero-order valence-corrected chi connectivity index (χ0v) is 10.3. The summed E-state index contributed by atoms with van der Waals surface area (Å²) in [6.07, 6.45) is 6.17.